The maximum atomic E-state index is 13.3. The summed E-state index contributed by atoms with van der Waals surface area (Å²) in [7, 11) is 0. The number of para-hydroxylation sites is 2. The summed E-state index contributed by atoms with van der Waals surface area (Å²) < 4.78 is 1.79. The molecule has 8 heteroatoms. The number of anilines is 1. The molecule has 0 bridgehead atoms. The monoisotopic (exact) mass is 470 g/mol. The maximum Gasteiger partial charge on any atom is 0.331 e. The molecule has 1 saturated carbocycles. The predicted molar refractivity (Wildman–Crippen MR) is 132 cm³/mol. The number of nitrogens with zero attached hydrogens (tertiary/aromatic N) is 2. The Morgan fingerprint density at radius 1 is 0.971 bits per heavy atom. The normalized spacial score (nSPS) is 18.2. The fourth-order valence-electron chi connectivity index (χ4n) is 4.90. The Bertz CT molecular complexity index is 1340. The molecule has 0 unspecified atom stereocenters. The molecule has 1 aromatic heterocycles. The minimum Gasteiger partial charge on any atom is -0.337 e. The molecule has 5 rings (SSSR count). The van der Waals surface area contributed by atoms with E-state index in [9.17, 15) is 19.2 Å². The van der Waals surface area contributed by atoms with Crippen molar-refractivity contribution in [3.05, 3.63) is 71.9 Å². The van der Waals surface area contributed by atoms with E-state index >= 15 is 0 Å². The van der Waals surface area contributed by atoms with E-state index in [2.05, 4.69) is 10.6 Å². The summed E-state index contributed by atoms with van der Waals surface area (Å²) in [5.41, 5.74) is 2.05. The van der Waals surface area contributed by atoms with Gasteiger partial charge in [0.05, 0.1) is 0 Å². The number of fused-ring (bicyclic) bond motifs is 1. The van der Waals surface area contributed by atoms with Crippen molar-refractivity contribution in [2.24, 2.45) is 0 Å². The number of rotatable bonds is 5. The molecule has 1 saturated heterocycles. The van der Waals surface area contributed by atoms with E-state index in [4.69, 9.17) is 0 Å². The van der Waals surface area contributed by atoms with Crippen molar-refractivity contribution in [3.63, 3.8) is 0 Å². The van der Waals surface area contributed by atoms with Crippen LogP contribution in [0, 0.1) is 0 Å². The predicted octanol–water partition coefficient (Wildman–Crippen LogP) is 4.07. The Hall–Kier alpha value is -4.20. The summed E-state index contributed by atoms with van der Waals surface area (Å²) in [4.78, 5) is 52.3. The van der Waals surface area contributed by atoms with Crippen molar-refractivity contribution in [1.82, 2.24) is 14.8 Å². The summed E-state index contributed by atoms with van der Waals surface area (Å²) >= 11 is 0. The lowest BCUT2D eigenvalue weighted by atomic mass is 9.93. The molecule has 35 heavy (non-hydrogen) atoms. The van der Waals surface area contributed by atoms with Crippen LogP contribution in [0.1, 0.15) is 37.7 Å². The van der Waals surface area contributed by atoms with E-state index in [1.165, 1.54) is 11.0 Å². The van der Waals surface area contributed by atoms with Crippen molar-refractivity contribution in [1.29, 1.82) is 0 Å². The van der Waals surface area contributed by atoms with Crippen LogP contribution >= 0.6 is 0 Å². The maximum absolute atomic E-state index is 13.3. The second-order valence-corrected chi connectivity index (χ2v) is 8.93. The Labute approximate surface area is 202 Å². The third kappa shape index (κ3) is 4.59. The number of urea groups is 1. The van der Waals surface area contributed by atoms with E-state index < -0.39 is 17.8 Å². The van der Waals surface area contributed by atoms with Crippen LogP contribution < -0.4 is 10.6 Å². The highest BCUT2D eigenvalue weighted by molar-refractivity contribution is 6.31. The molecular weight excluding hydrogens is 444 g/mol. The highest BCUT2D eigenvalue weighted by Gasteiger charge is 2.40. The van der Waals surface area contributed by atoms with E-state index in [1.54, 1.807) is 10.8 Å². The lowest BCUT2D eigenvalue weighted by Crippen LogP contribution is -2.58. The van der Waals surface area contributed by atoms with Gasteiger partial charge in [-0.25, -0.2) is 4.79 Å². The average Bonchev–Trinajstić information content (AvgIpc) is 3.20. The molecule has 2 aromatic carbocycles. The first-order valence-electron chi connectivity index (χ1n) is 11.8. The van der Waals surface area contributed by atoms with Gasteiger partial charge in [-0.15, -0.1) is 0 Å². The van der Waals surface area contributed by atoms with Gasteiger partial charge in [-0.1, -0.05) is 55.7 Å². The van der Waals surface area contributed by atoms with Crippen molar-refractivity contribution in [3.8, 4) is 0 Å². The molecule has 2 fully saturated rings. The summed E-state index contributed by atoms with van der Waals surface area (Å²) in [5, 5.41) is 6.00. The van der Waals surface area contributed by atoms with Gasteiger partial charge in [0.1, 0.15) is 12.1 Å². The number of benzene rings is 2. The summed E-state index contributed by atoms with van der Waals surface area (Å²) in [6.45, 7) is 0.0609. The van der Waals surface area contributed by atoms with Crippen molar-refractivity contribution >= 4 is 46.4 Å². The fourth-order valence-corrected chi connectivity index (χ4v) is 4.90. The van der Waals surface area contributed by atoms with Crippen molar-refractivity contribution < 1.29 is 19.2 Å². The van der Waals surface area contributed by atoms with Crippen LogP contribution in [0.5, 0.6) is 0 Å². The molecule has 1 aliphatic carbocycles. The Morgan fingerprint density at radius 3 is 2.46 bits per heavy atom. The van der Waals surface area contributed by atoms with E-state index in [1.807, 2.05) is 54.6 Å². The SMILES string of the molecule is O=C(Cn1cc(C=C2C(=O)NC(=O)N(C3CCCCC3)C2=O)c2ccccc21)Nc1ccccc1. The second kappa shape index (κ2) is 9.58. The Balaban J connectivity index is 1.45. The molecule has 0 atom stereocenters. The number of hydrogen-bond donors (Lipinski definition) is 2. The van der Waals surface area contributed by atoms with Gasteiger partial charge in [0.2, 0.25) is 5.91 Å². The zero-order valence-electron chi connectivity index (χ0n) is 19.2. The number of imide groups is 2. The smallest absolute Gasteiger partial charge is 0.331 e. The van der Waals surface area contributed by atoms with Crippen LogP contribution in [0.4, 0.5) is 10.5 Å². The topological polar surface area (TPSA) is 101 Å². The molecule has 178 valence electrons. The highest BCUT2D eigenvalue weighted by Crippen LogP contribution is 2.28. The minimum absolute atomic E-state index is 0.0609. The molecule has 2 heterocycles. The number of carbonyl (C=O) groups is 4. The van der Waals surface area contributed by atoms with Gasteiger partial charge < -0.3 is 9.88 Å². The molecule has 5 amide bonds. The largest absolute Gasteiger partial charge is 0.337 e. The lowest BCUT2D eigenvalue weighted by Gasteiger charge is -2.35. The third-order valence-corrected chi connectivity index (χ3v) is 6.56. The molecule has 2 N–H and O–H groups in total. The van der Waals surface area contributed by atoms with Gasteiger partial charge in [0, 0.05) is 34.4 Å². The minimum atomic E-state index is -0.703. The zero-order valence-corrected chi connectivity index (χ0v) is 19.2. The zero-order chi connectivity index (χ0) is 24.4. The summed E-state index contributed by atoms with van der Waals surface area (Å²) in [5.74, 6) is -1.47. The molecule has 0 spiro atoms. The number of hydrogen-bond acceptors (Lipinski definition) is 4. The summed E-state index contributed by atoms with van der Waals surface area (Å²) in [6, 6.07) is 15.8. The average molecular weight is 471 g/mol. The van der Waals surface area contributed by atoms with Crippen molar-refractivity contribution in [2.75, 3.05) is 5.32 Å². The van der Waals surface area contributed by atoms with Crippen LogP contribution in [0.15, 0.2) is 66.4 Å². The van der Waals surface area contributed by atoms with Gasteiger partial charge >= 0.3 is 6.03 Å². The van der Waals surface area contributed by atoms with E-state index in [0.29, 0.717) is 11.3 Å². The van der Waals surface area contributed by atoms with Crippen LogP contribution in [0.2, 0.25) is 0 Å². The van der Waals surface area contributed by atoms with Gasteiger partial charge in [0.25, 0.3) is 11.8 Å². The first kappa shape index (κ1) is 22.6. The standard InChI is InChI=1S/C27H26N4O4/c32-24(28-19-9-3-1-4-10-19)17-30-16-18(21-13-7-8-14-23(21)30)15-22-25(33)29-27(35)31(26(22)34)20-11-5-2-6-12-20/h1,3-4,7-10,13-16,20H,2,5-6,11-12,17H2,(H,28,32)(H,29,33,35). The highest BCUT2D eigenvalue weighted by atomic mass is 16.2. The molecule has 1 aliphatic heterocycles. The first-order valence-corrected chi connectivity index (χ1v) is 11.8. The van der Waals surface area contributed by atoms with Crippen LogP contribution in [-0.2, 0) is 20.9 Å². The fraction of sp³-hybridized carbons (Fsp3) is 0.259. The van der Waals surface area contributed by atoms with E-state index in [0.717, 1.165) is 43.0 Å². The molecule has 2 aliphatic rings. The van der Waals surface area contributed by atoms with Gasteiger partial charge in [-0.2, -0.15) is 0 Å². The molecular formula is C27H26N4O4. The lowest BCUT2D eigenvalue weighted by molar-refractivity contribution is -0.132. The first-order chi connectivity index (χ1) is 17.0. The molecule has 3 aromatic rings. The second-order valence-electron chi connectivity index (χ2n) is 8.93. The number of carbonyl (C=O) groups excluding carboxylic acids is 4. The third-order valence-electron chi connectivity index (χ3n) is 6.56. The molecule has 0 radical (unpaired) electrons. The van der Waals surface area contributed by atoms with Crippen molar-refractivity contribution in [2.45, 2.75) is 44.7 Å². The number of aromatic nitrogens is 1. The van der Waals surface area contributed by atoms with Gasteiger partial charge in [-0.3, -0.25) is 24.6 Å². The molecule has 8 nitrogen and oxygen atoms in total. The quantitative estimate of drug-likeness (QED) is 0.434. The Morgan fingerprint density at radius 2 is 1.69 bits per heavy atom. The van der Waals surface area contributed by atoms with Crippen LogP contribution in [0.3, 0.4) is 0 Å². The summed E-state index contributed by atoms with van der Waals surface area (Å²) in [6.07, 6.45) is 7.75. The van der Waals surface area contributed by atoms with Gasteiger partial charge in [-0.05, 0) is 37.1 Å². The van der Waals surface area contributed by atoms with Crippen LogP contribution in [0.25, 0.3) is 17.0 Å². The number of barbiturate groups is 1. The number of nitrogens with one attached hydrogen (secondary N) is 2. The van der Waals surface area contributed by atoms with Gasteiger partial charge in [0.15, 0.2) is 0 Å². The Kier molecular flexibility index (Phi) is 6.18. The van der Waals surface area contributed by atoms with Crippen LogP contribution in [-0.4, -0.2) is 39.3 Å². The van der Waals surface area contributed by atoms with E-state index in [-0.39, 0.29) is 24.1 Å². The number of amides is 5.